The Morgan fingerprint density at radius 1 is 1.32 bits per heavy atom. The molecule has 0 aliphatic heterocycles. The molecule has 1 aromatic heterocycles. The third-order valence-corrected chi connectivity index (χ3v) is 4.54. The molecular formula is C20H20O4S. The van der Waals surface area contributed by atoms with Gasteiger partial charge in [0.05, 0.1) is 0 Å². The van der Waals surface area contributed by atoms with E-state index in [0.717, 1.165) is 17.4 Å². The third kappa shape index (κ3) is 5.13. The number of hydrogen-bond acceptors (Lipinski definition) is 4. The highest BCUT2D eigenvalue weighted by Gasteiger charge is 2.16. The molecule has 1 aromatic carbocycles. The van der Waals surface area contributed by atoms with Gasteiger partial charge in [-0.05, 0) is 43.2 Å². The Balaban J connectivity index is 2.05. The van der Waals surface area contributed by atoms with Crippen LogP contribution in [0.25, 0.3) is 5.57 Å². The van der Waals surface area contributed by atoms with E-state index in [0.29, 0.717) is 17.1 Å². The molecule has 4 nitrogen and oxygen atoms in total. The van der Waals surface area contributed by atoms with Crippen LogP contribution in [0.5, 0.6) is 5.75 Å². The maximum absolute atomic E-state index is 11.5. The Morgan fingerprint density at radius 2 is 2.00 bits per heavy atom. The average Bonchev–Trinajstić information content (AvgIpc) is 2.95. The highest BCUT2D eigenvalue weighted by Crippen LogP contribution is 2.22. The van der Waals surface area contributed by atoms with Crippen LogP contribution in [-0.2, 0) is 16.4 Å². The fourth-order valence-corrected chi connectivity index (χ4v) is 2.77. The van der Waals surface area contributed by atoms with Crippen molar-refractivity contribution in [3.63, 3.8) is 0 Å². The van der Waals surface area contributed by atoms with Gasteiger partial charge in [-0.3, -0.25) is 0 Å². The minimum absolute atomic E-state index is 0.0419. The van der Waals surface area contributed by atoms with Crippen molar-refractivity contribution in [2.75, 3.05) is 6.26 Å². The summed E-state index contributed by atoms with van der Waals surface area (Å²) in [6, 6.07) is 9.14. The van der Waals surface area contributed by atoms with E-state index in [1.54, 1.807) is 13.0 Å². The first-order valence-corrected chi connectivity index (χ1v) is 9.52. The Hall–Kier alpha value is -2.71. The van der Waals surface area contributed by atoms with E-state index in [1.165, 1.54) is 6.07 Å². The largest absolute Gasteiger partial charge is 0.489 e. The molecule has 0 aliphatic carbocycles. The maximum atomic E-state index is 11.5. The molecule has 0 amide bonds. The highest BCUT2D eigenvalue weighted by atomic mass is 32.2. The number of furan rings is 1. The third-order valence-electron chi connectivity index (χ3n) is 3.61. The van der Waals surface area contributed by atoms with E-state index in [4.69, 9.17) is 15.6 Å². The molecule has 25 heavy (non-hydrogen) atoms. The first-order valence-electron chi connectivity index (χ1n) is 7.63. The number of sulfone groups is 1. The van der Waals surface area contributed by atoms with Gasteiger partial charge in [-0.15, -0.1) is 6.42 Å². The molecule has 0 N–H and O–H groups in total. The topological polar surface area (TPSA) is 56.5 Å². The van der Waals surface area contributed by atoms with Crippen LogP contribution in [0.3, 0.4) is 0 Å². The van der Waals surface area contributed by atoms with E-state index in [1.807, 2.05) is 43.3 Å². The molecule has 0 unspecified atom stereocenters. The monoisotopic (exact) mass is 356 g/mol. The summed E-state index contributed by atoms with van der Waals surface area (Å²) < 4.78 is 34.0. The molecule has 1 heterocycles. The second-order valence-electron chi connectivity index (χ2n) is 5.61. The van der Waals surface area contributed by atoms with E-state index in [9.17, 15) is 8.42 Å². The molecule has 0 bridgehead atoms. The van der Waals surface area contributed by atoms with E-state index in [-0.39, 0.29) is 11.7 Å². The molecule has 2 rings (SSSR count). The van der Waals surface area contributed by atoms with Gasteiger partial charge in [-0.25, -0.2) is 8.42 Å². The van der Waals surface area contributed by atoms with Crippen molar-refractivity contribution < 1.29 is 17.6 Å². The molecule has 2 aromatic rings. The average molecular weight is 356 g/mol. The zero-order valence-electron chi connectivity index (χ0n) is 14.4. The maximum Gasteiger partial charge on any atom is 0.218 e. The van der Waals surface area contributed by atoms with Crippen LogP contribution in [0.1, 0.15) is 23.8 Å². The predicted octanol–water partition coefficient (Wildman–Crippen LogP) is 4.16. The molecule has 0 saturated carbocycles. The molecule has 0 aliphatic rings. The van der Waals surface area contributed by atoms with E-state index >= 15 is 0 Å². The van der Waals surface area contributed by atoms with Crippen LogP contribution >= 0.6 is 0 Å². The molecule has 5 heteroatoms. The van der Waals surface area contributed by atoms with Gasteiger partial charge in [-0.2, -0.15) is 0 Å². The Morgan fingerprint density at radius 3 is 2.56 bits per heavy atom. The smallest absolute Gasteiger partial charge is 0.218 e. The van der Waals surface area contributed by atoms with Crippen molar-refractivity contribution in [1.82, 2.24) is 0 Å². The summed E-state index contributed by atoms with van der Waals surface area (Å²) in [5.74, 6) is 3.67. The summed E-state index contributed by atoms with van der Waals surface area (Å²) in [5, 5.41) is -0.0419. The molecule has 0 spiro atoms. The fourth-order valence-electron chi connectivity index (χ4n) is 2.14. The molecule has 0 fully saturated rings. The zero-order valence-corrected chi connectivity index (χ0v) is 15.3. The first-order chi connectivity index (χ1) is 11.8. The first kappa shape index (κ1) is 18.6. The molecular weight excluding hydrogens is 336 g/mol. The van der Waals surface area contributed by atoms with Crippen molar-refractivity contribution in [3.8, 4) is 18.1 Å². The number of ether oxygens (including phenoxy) is 1. The van der Waals surface area contributed by atoms with Crippen LogP contribution < -0.4 is 4.74 Å². The van der Waals surface area contributed by atoms with Gasteiger partial charge in [0.15, 0.2) is 0 Å². The van der Waals surface area contributed by atoms with Crippen molar-refractivity contribution in [2.24, 2.45) is 0 Å². The second-order valence-corrected chi connectivity index (χ2v) is 7.55. The lowest BCUT2D eigenvalue weighted by molar-refractivity contribution is 0.302. The summed E-state index contributed by atoms with van der Waals surface area (Å²) in [6.07, 6.45) is 11.7. The number of hydrogen-bond donors (Lipinski definition) is 0. The standard InChI is InChI=1S/C20H20O4S/c1-5-6-7-8-15(2)17-9-11-19(12-10-17)23-14-18-13-20(24-16(18)3)25(4,21)22/h1,6-13H,14H2,2-4H3/b7-6-,15-8+. The van der Waals surface area contributed by atoms with Crippen LogP contribution in [0.2, 0.25) is 0 Å². The van der Waals surface area contributed by atoms with Crippen LogP contribution in [-0.4, -0.2) is 14.7 Å². The number of aryl methyl sites for hydroxylation is 1. The predicted molar refractivity (Wildman–Crippen MR) is 99.0 cm³/mol. The van der Waals surface area contributed by atoms with Crippen molar-refractivity contribution in [3.05, 3.63) is 65.4 Å². The van der Waals surface area contributed by atoms with Gasteiger partial charge in [0.25, 0.3) is 0 Å². The van der Waals surface area contributed by atoms with Gasteiger partial charge >= 0.3 is 0 Å². The summed E-state index contributed by atoms with van der Waals surface area (Å²) in [7, 11) is -3.36. The lowest BCUT2D eigenvalue weighted by Crippen LogP contribution is -1.96. The van der Waals surface area contributed by atoms with Crippen LogP contribution in [0.4, 0.5) is 0 Å². The summed E-state index contributed by atoms with van der Waals surface area (Å²) in [5.41, 5.74) is 2.86. The van der Waals surface area contributed by atoms with Gasteiger partial charge in [0.2, 0.25) is 14.9 Å². The number of benzene rings is 1. The fraction of sp³-hybridized carbons (Fsp3) is 0.200. The normalized spacial score (nSPS) is 12.3. The second kappa shape index (κ2) is 7.91. The summed E-state index contributed by atoms with van der Waals surface area (Å²) in [6.45, 7) is 3.95. The lowest BCUT2D eigenvalue weighted by atomic mass is 10.1. The Kier molecular flexibility index (Phi) is 5.89. The van der Waals surface area contributed by atoms with Crippen molar-refractivity contribution in [1.29, 1.82) is 0 Å². The quantitative estimate of drug-likeness (QED) is 0.576. The van der Waals surface area contributed by atoms with Gasteiger partial charge < -0.3 is 9.15 Å². The summed E-state index contributed by atoms with van der Waals surface area (Å²) in [4.78, 5) is 0. The van der Waals surface area contributed by atoms with Gasteiger partial charge in [0.1, 0.15) is 18.1 Å². The van der Waals surface area contributed by atoms with Crippen LogP contribution in [0, 0.1) is 19.3 Å². The van der Waals surface area contributed by atoms with Crippen molar-refractivity contribution in [2.45, 2.75) is 25.5 Å². The summed E-state index contributed by atoms with van der Waals surface area (Å²) >= 11 is 0. The minimum Gasteiger partial charge on any atom is -0.489 e. The molecule has 0 radical (unpaired) electrons. The van der Waals surface area contributed by atoms with E-state index < -0.39 is 9.84 Å². The minimum atomic E-state index is -3.36. The number of rotatable bonds is 6. The highest BCUT2D eigenvalue weighted by molar-refractivity contribution is 7.90. The Bertz CT molecular complexity index is 937. The molecule has 0 atom stereocenters. The number of allylic oxidation sites excluding steroid dienone is 4. The SMILES string of the molecule is C#C/C=C\C=C(/C)c1ccc(OCc2cc(S(C)(=O)=O)oc2C)cc1. The lowest BCUT2D eigenvalue weighted by Gasteiger charge is -2.07. The number of terminal acetylenes is 1. The van der Waals surface area contributed by atoms with Crippen molar-refractivity contribution >= 4 is 15.4 Å². The zero-order chi connectivity index (χ0) is 18.4. The molecule has 130 valence electrons. The van der Waals surface area contributed by atoms with Crippen LogP contribution in [0.15, 0.2) is 58.1 Å². The van der Waals surface area contributed by atoms with E-state index in [2.05, 4.69) is 5.92 Å². The van der Waals surface area contributed by atoms with Gasteiger partial charge in [0, 0.05) is 17.9 Å². The van der Waals surface area contributed by atoms with Gasteiger partial charge in [-0.1, -0.05) is 30.2 Å². The molecule has 0 saturated heterocycles. The Labute approximate surface area is 148 Å².